The van der Waals surface area contributed by atoms with Crippen LogP contribution in [0.25, 0.3) is 22.6 Å². The van der Waals surface area contributed by atoms with Gasteiger partial charge in [0.1, 0.15) is 5.58 Å². The third-order valence-electron chi connectivity index (χ3n) is 4.32. The maximum absolute atomic E-state index is 12.3. The molecule has 0 atom stereocenters. The van der Waals surface area contributed by atoms with Gasteiger partial charge in [0, 0.05) is 18.1 Å². The molecule has 0 aliphatic heterocycles. The first-order valence-electron chi connectivity index (χ1n) is 8.89. The van der Waals surface area contributed by atoms with E-state index >= 15 is 0 Å². The van der Waals surface area contributed by atoms with Crippen molar-refractivity contribution in [3.05, 3.63) is 59.7 Å². The van der Waals surface area contributed by atoms with Gasteiger partial charge in [-0.25, -0.2) is 0 Å². The molecule has 0 bridgehead atoms. The monoisotopic (exact) mass is 392 g/mol. The first kappa shape index (κ1) is 18.3. The quantitative estimate of drug-likeness (QED) is 0.504. The Labute approximate surface area is 167 Å². The van der Waals surface area contributed by atoms with Gasteiger partial charge in [-0.2, -0.15) is 0 Å². The third kappa shape index (κ3) is 3.80. The van der Waals surface area contributed by atoms with Gasteiger partial charge in [-0.1, -0.05) is 36.0 Å². The smallest absolute Gasteiger partial charge is 0.234 e. The summed E-state index contributed by atoms with van der Waals surface area (Å²) in [6.07, 6.45) is 0. The molecule has 0 saturated carbocycles. The van der Waals surface area contributed by atoms with Crippen molar-refractivity contribution in [1.82, 2.24) is 14.8 Å². The summed E-state index contributed by atoms with van der Waals surface area (Å²) < 4.78 is 7.70. The maximum atomic E-state index is 12.3. The molecule has 6 nitrogen and oxygen atoms in total. The number of fused-ring (bicyclic) bond motifs is 1. The summed E-state index contributed by atoms with van der Waals surface area (Å²) >= 11 is 1.34. The lowest BCUT2D eigenvalue weighted by molar-refractivity contribution is -0.113. The van der Waals surface area contributed by atoms with Crippen LogP contribution in [-0.4, -0.2) is 26.4 Å². The van der Waals surface area contributed by atoms with E-state index in [1.165, 1.54) is 11.8 Å². The predicted molar refractivity (Wildman–Crippen MR) is 111 cm³/mol. The lowest BCUT2D eigenvalue weighted by Gasteiger charge is -2.07. The summed E-state index contributed by atoms with van der Waals surface area (Å²) in [5.41, 5.74) is 3.85. The molecule has 7 heteroatoms. The van der Waals surface area contributed by atoms with Crippen LogP contribution in [0.3, 0.4) is 0 Å². The highest BCUT2D eigenvalue weighted by molar-refractivity contribution is 7.99. The third-order valence-corrected chi connectivity index (χ3v) is 5.34. The second kappa shape index (κ2) is 7.52. The van der Waals surface area contributed by atoms with Crippen molar-refractivity contribution in [2.75, 3.05) is 11.1 Å². The van der Waals surface area contributed by atoms with E-state index in [4.69, 9.17) is 4.42 Å². The number of furan rings is 1. The molecule has 28 heavy (non-hydrogen) atoms. The van der Waals surface area contributed by atoms with Gasteiger partial charge in [0.15, 0.2) is 16.7 Å². The molecule has 1 N–H and O–H groups in total. The molecule has 2 heterocycles. The summed E-state index contributed by atoms with van der Waals surface area (Å²) in [5.74, 6) is 1.46. The number of para-hydroxylation sites is 1. The van der Waals surface area contributed by atoms with Crippen LogP contribution < -0.4 is 5.32 Å². The topological polar surface area (TPSA) is 73.0 Å². The van der Waals surface area contributed by atoms with E-state index in [0.717, 1.165) is 27.8 Å². The normalized spacial score (nSPS) is 11.1. The lowest BCUT2D eigenvalue weighted by Crippen LogP contribution is -2.14. The van der Waals surface area contributed by atoms with E-state index in [9.17, 15) is 4.79 Å². The van der Waals surface area contributed by atoms with Gasteiger partial charge < -0.3 is 14.3 Å². The van der Waals surface area contributed by atoms with Crippen molar-refractivity contribution in [2.45, 2.75) is 19.0 Å². The molecule has 0 aliphatic rings. The maximum Gasteiger partial charge on any atom is 0.234 e. The highest BCUT2D eigenvalue weighted by Crippen LogP contribution is 2.28. The summed E-state index contributed by atoms with van der Waals surface area (Å²) in [6.45, 7) is 4.02. The number of carbonyl (C=O) groups is 1. The van der Waals surface area contributed by atoms with Crippen molar-refractivity contribution in [3.63, 3.8) is 0 Å². The largest absolute Gasteiger partial charge is 0.453 e. The van der Waals surface area contributed by atoms with E-state index in [1.807, 2.05) is 67.9 Å². The molecule has 0 aliphatic carbocycles. The molecule has 4 aromatic rings. The average molecular weight is 392 g/mol. The van der Waals surface area contributed by atoms with Crippen LogP contribution in [0.5, 0.6) is 0 Å². The Balaban J connectivity index is 1.45. The molecule has 142 valence electrons. The average Bonchev–Trinajstić information content (AvgIpc) is 3.22. The van der Waals surface area contributed by atoms with Crippen molar-refractivity contribution in [1.29, 1.82) is 0 Å². The van der Waals surface area contributed by atoms with E-state index in [-0.39, 0.29) is 11.7 Å². The summed E-state index contributed by atoms with van der Waals surface area (Å²) in [6, 6.07) is 15.7. The Bertz CT molecular complexity index is 1110. The Kier molecular flexibility index (Phi) is 4.92. The number of hydrogen-bond donors (Lipinski definition) is 1. The Morgan fingerprint density at radius 1 is 1.11 bits per heavy atom. The van der Waals surface area contributed by atoms with Crippen molar-refractivity contribution in [3.8, 4) is 11.6 Å². The molecular formula is C21H20N4O2S. The number of aromatic nitrogens is 3. The minimum Gasteiger partial charge on any atom is -0.453 e. The minimum absolute atomic E-state index is 0.0803. The Hall–Kier alpha value is -3.06. The number of nitrogens with one attached hydrogen (secondary N) is 1. The number of nitrogens with zero attached hydrogens (tertiary/aromatic N) is 3. The zero-order chi connectivity index (χ0) is 19.7. The highest BCUT2D eigenvalue weighted by Gasteiger charge is 2.16. The molecular weight excluding hydrogens is 372 g/mol. The molecule has 0 spiro atoms. The van der Waals surface area contributed by atoms with Gasteiger partial charge in [-0.3, -0.25) is 4.79 Å². The molecule has 0 saturated heterocycles. The Morgan fingerprint density at radius 2 is 1.86 bits per heavy atom. The van der Waals surface area contributed by atoms with Gasteiger partial charge in [-0.05, 0) is 49.2 Å². The van der Waals surface area contributed by atoms with Crippen LogP contribution in [0, 0.1) is 13.8 Å². The van der Waals surface area contributed by atoms with Crippen LogP contribution in [0.15, 0.2) is 58.1 Å². The SMILES string of the molecule is Cc1cc(C)cc(NC(=O)CSc2nnc(-c3cc4ccccc4o3)n2C)c1. The van der Waals surface area contributed by atoms with Crippen molar-refractivity contribution in [2.24, 2.45) is 7.05 Å². The van der Waals surface area contributed by atoms with Crippen LogP contribution in [0.1, 0.15) is 11.1 Å². The number of aryl methyl sites for hydroxylation is 2. The van der Waals surface area contributed by atoms with E-state index in [0.29, 0.717) is 16.7 Å². The zero-order valence-corrected chi connectivity index (χ0v) is 16.7. The van der Waals surface area contributed by atoms with E-state index in [1.54, 1.807) is 0 Å². The first-order chi connectivity index (χ1) is 13.5. The van der Waals surface area contributed by atoms with Gasteiger partial charge in [0.25, 0.3) is 0 Å². The van der Waals surface area contributed by atoms with Crippen LogP contribution in [0.4, 0.5) is 5.69 Å². The zero-order valence-electron chi connectivity index (χ0n) is 15.9. The van der Waals surface area contributed by atoms with Crippen LogP contribution in [-0.2, 0) is 11.8 Å². The standard InChI is InChI=1S/C21H20N4O2S/c1-13-8-14(2)10-16(9-13)22-19(26)12-28-21-24-23-20(25(21)3)18-11-15-6-4-5-7-17(15)27-18/h4-11H,12H2,1-3H3,(H,22,26). The molecule has 4 rings (SSSR count). The van der Waals surface area contributed by atoms with E-state index in [2.05, 4.69) is 21.6 Å². The second-order valence-electron chi connectivity index (χ2n) is 6.73. The van der Waals surface area contributed by atoms with Crippen LogP contribution >= 0.6 is 11.8 Å². The molecule has 2 aromatic heterocycles. The Morgan fingerprint density at radius 3 is 2.61 bits per heavy atom. The molecule has 0 unspecified atom stereocenters. The van der Waals surface area contributed by atoms with Crippen molar-refractivity contribution >= 4 is 34.3 Å². The second-order valence-corrected chi connectivity index (χ2v) is 7.67. The van der Waals surface area contributed by atoms with Crippen LogP contribution in [0.2, 0.25) is 0 Å². The highest BCUT2D eigenvalue weighted by atomic mass is 32.2. The number of thioether (sulfide) groups is 1. The van der Waals surface area contributed by atoms with Crippen molar-refractivity contribution < 1.29 is 9.21 Å². The fourth-order valence-corrected chi connectivity index (χ4v) is 3.83. The van der Waals surface area contributed by atoms with E-state index < -0.39 is 0 Å². The summed E-state index contributed by atoms with van der Waals surface area (Å²) in [7, 11) is 1.87. The molecule has 0 radical (unpaired) electrons. The number of amides is 1. The fraction of sp³-hybridized carbons (Fsp3) is 0.190. The lowest BCUT2D eigenvalue weighted by atomic mass is 10.1. The molecule has 0 fully saturated rings. The summed E-state index contributed by atoms with van der Waals surface area (Å²) in [5, 5.41) is 13.0. The number of anilines is 1. The number of hydrogen-bond acceptors (Lipinski definition) is 5. The van der Waals surface area contributed by atoms with Gasteiger partial charge in [-0.15, -0.1) is 10.2 Å². The fourth-order valence-electron chi connectivity index (χ4n) is 3.12. The number of benzene rings is 2. The number of rotatable bonds is 5. The summed E-state index contributed by atoms with van der Waals surface area (Å²) in [4.78, 5) is 12.3. The van der Waals surface area contributed by atoms with Gasteiger partial charge in [0.2, 0.25) is 5.91 Å². The molecule has 2 aromatic carbocycles. The van der Waals surface area contributed by atoms with Gasteiger partial charge in [0.05, 0.1) is 5.75 Å². The first-order valence-corrected chi connectivity index (χ1v) is 9.87. The molecule has 1 amide bonds. The number of carbonyl (C=O) groups excluding carboxylic acids is 1. The van der Waals surface area contributed by atoms with Gasteiger partial charge >= 0.3 is 0 Å². The minimum atomic E-state index is -0.0803. The predicted octanol–water partition coefficient (Wildman–Crippen LogP) is 4.58.